The summed E-state index contributed by atoms with van der Waals surface area (Å²) in [5.41, 5.74) is -0.639. The Bertz CT molecular complexity index is 539. The third-order valence-corrected chi connectivity index (χ3v) is 6.49. The van der Waals surface area contributed by atoms with Gasteiger partial charge < -0.3 is 15.0 Å². The van der Waals surface area contributed by atoms with Gasteiger partial charge in [-0.3, -0.25) is 9.59 Å². The second-order valence-corrected chi connectivity index (χ2v) is 8.86. The Kier molecular flexibility index (Phi) is 5.11. The first-order valence-corrected chi connectivity index (χ1v) is 9.48. The molecule has 2 fully saturated rings. The number of methoxy groups -OCH3 is 1. The lowest BCUT2D eigenvalue weighted by molar-refractivity contribution is -0.897. The number of carbonyl (C=O) groups is 2. The number of likely N-dealkylation sites (tertiary alicyclic amines) is 1. The van der Waals surface area contributed by atoms with Crippen molar-refractivity contribution < 1.29 is 27.6 Å². The Morgan fingerprint density at radius 1 is 1.32 bits per heavy atom. The number of carbonyl (C=O) groups excluding carboxylic acids is 2. The van der Waals surface area contributed by atoms with E-state index in [0.29, 0.717) is 13.0 Å². The molecule has 0 radical (unpaired) electrons. The van der Waals surface area contributed by atoms with Crippen LogP contribution in [0.15, 0.2) is 0 Å². The maximum Gasteiger partial charge on any atom is 0.309 e. The van der Waals surface area contributed by atoms with Gasteiger partial charge in [-0.2, -0.15) is 0 Å². The molecular formula is C14H25N2O5S+. The summed E-state index contributed by atoms with van der Waals surface area (Å²) in [5, 5.41) is 2.87. The molecule has 126 valence electrons. The van der Waals surface area contributed by atoms with Crippen LogP contribution in [0.4, 0.5) is 0 Å². The summed E-state index contributed by atoms with van der Waals surface area (Å²) in [4.78, 5) is 24.7. The van der Waals surface area contributed by atoms with Gasteiger partial charge in [-0.1, -0.05) is 0 Å². The highest BCUT2D eigenvalue weighted by Gasteiger charge is 2.40. The van der Waals surface area contributed by atoms with Crippen LogP contribution in [0, 0.1) is 5.92 Å². The van der Waals surface area contributed by atoms with E-state index in [1.54, 1.807) is 6.92 Å². The number of quaternary nitrogens is 1. The van der Waals surface area contributed by atoms with Crippen molar-refractivity contribution >= 4 is 21.7 Å². The largest absolute Gasteiger partial charge is 0.469 e. The van der Waals surface area contributed by atoms with Crippen molar-refractivity contribution in [1.29, 1.82) is 0 Å². The fourth-order valence-electron chi connectivity index (χ4n) is 3.32. The molecule has 2 aliphatic rings. The van der Waals surface area contributed by atoms with E-state index in [1.807, 2.05) is 0 Å². The van der Waals surface area contributed by atoms with Crippen molar-refractivity contribution in [2.45, 2.75) is 31.7 Å². The first kappa shape index (κ1) is 17.2. The zero-order valence-corrected chi connectivity index (χ0v) is 14.0. The summed E-state index contributed by atoms with van der Waals surface area (Å²) in [7, 11) is -1.63. The maximum absolute atomic E-state index is 12.1. The van der Waals surface area contributed by atoms with E-state index in [9.17, 15) is 18.0 Å². The minimum atomic E-state index is -3.03. The number of ether oxygens (including phenoxy) is 1. The molecule has 1 atom stereocenters. The Balaban J connectivity index is 1.78. The van der Waals surface area contributed by atoms with Gasteiger partial charge in [0.2, 0.25) is 0 Å². The van der Waals surface area contributed by atoms with Crippen LogP contribution in [0.3, 0.4) is 0 Å². The predicted molar refractivity (Wildman–Crippen MR) is 80.1 cm³/mol. The SMILES string of the molecule is COC(=O)C1CC[NH+](CC(=O)N[C@@]2(C)CCS(=O)(=O)C2)CC1. The molecule has 2 rings (SSSR count). The zero-order chi connectivity index (χ0) is 16.4. The Morgan fingerprint density at radius 3 is 2.45 bits per heavy atom. The van der Waals surface area contributed by atoms with Crippen molar-refractivity contribution in [2.75, 3.05) is 38.2 Å². The quantitative estimate of drug-likeness (QED) is 0.589. The number of nitrogens with one attached hydrogen (secondary N) is 2. The highest BCUT2D eigenvalue weighted by atomic mass is 32.2. The molecule has 0 spiro atoms. The van der Waals surface area contributed by atoms with E-state index >= 15 is 0 Å². The van der Waals surface area contributed by atoms with Crippen molar-refractivity contribution in [1.82, 2.24) is 5.32 Å². The number of sulfone groups is 1. The molecule has 2 N–H and O–H groups in total. The van der Waals surface area contributed by atoms with Crippen LogP contribution >= 0.6 is 0 Å². The molecular weight excluding hydrogens is 308 g/mol. The predicted octanol–water partition coefficient (Wildman–Crippen LogP) is -1.85. The van der Waals surface area contributed by atoms with Gasteiger partial charge in [-0.15, -0.1) is 0 Å². The second-order valence-electron chi connectivity index (χ2n) is 6.68. The van der Waals surface area contributed by atoms with Gasteiger partial charge >= 0.3 is 5.97 Å². The number of rotatable bonds is 4. The molecule has 0 aromatic carbocycles. The molecule has 0 aliphatic carbocycles. The average Bonchev–Trinajstić information content (AvgIpc) is 2.72. The first-order chi connectivity index (χ1) is 10.2. The molecule has 2 saturated heterocycles. The van der Waals surface area contributed by atoms with Crippen molar-refractivity contribution in [3.05, 3.63) is 0 Å². The third-order valence-electron chi connectivity index (χ3n) is 4.58. The van der Waals surface area contributed by atoms with Crippen LogP contribution < -0.4 is 10.2 Å². The third kappa shape index (κ3) is 4.42. The van der Waals surface area contributed by atoms with Crippen molar-refractivity contribution in [2.24, 2.45) is 5.92 Å². The molecule has 0 aromatic rings. The first-order valence-electron chi connectivity index (χ1n) is 7.66. The standard InChI is InChI=1S/C14H24N2O5S/c1-14(5-8-22(19,20)10-14)15-12(17)9-16-6-3-11(4-7-16)13(18)21-2/h11H,3-10H2,1-2H3,(H,15,17)/p+1/t14-/m0/s1. The number of hydrogen-bond acceptors (Lipinski definition) is 5. The lowest BCUT2D eigenvalue weighted by Crippen LogP contribution is -3.14. The molecule has 0 unspecified atom stereocenters. The van der Waals surface area contributed by atoms with Crippen LogP contribution in [0.5, 0.6) is 0 Å². The van der Waals surface area contributed by atoms with Gasteiger partial charge in [0.1, 0.15) is 0 Å². The van der Waals surface area contributed by atoms with E-state index in [2.05, 4.69) is 5.32 Å². The maximum atomic E-state index is 12.1. The monoisotopic (exact) mass is 333 g/mol. The van der Waals surface area contributed by atoms with Crippen LogP contribution in [-0.4, -0.2) is 64.1 Å². The highest BCUT2D eigenvalue weighted by molar-refractivity contribution is 7.91. The van der Waals surface area contributed by atoms with Gasteiger partial charge in [0.25, 0.3) is 5.91 Å². The lowest BCUT2D eigenvalue weighted by atomic mass is 9.97. The molecule has 0 saturated carbocycles. The van der Waals surface area contributed by atoms with E-state index < -0.39 is 15.4 Å². The van der Waals surface area contributed by atoms with Crippen LogP contribution in [0.25, 0.3) is 0 Å². The summed E-state index contributed by atoms with van der Waals surface area (Å²) >= 11 is 0. The Hall–Kier alpha value is -1.15. The number of piperidine rings is 1. The normalized spacial score (nSPS) is 34.1. The number of esters is 1. The van der Waals surface area contributed by atoms with E-state index in [0.717, 1.165) is 30.8 Å². The zero-order valence-electron chi connectivity index (χ0n) is 13.2. The second kappa shape index (κ2) is 6.54. The average molecular weight is 333 g/mol. The highest BCUT2D eigenvalue weighted by Crippen LogP contribution is 2.22. The molecule has 8 heteroatoms. The van der Waals surface area contributed by atoms with Gasteiger partial charge in [-0.25, -0.2) is 8.42 Å². The Labute approximate surface area is 131 Å². The fraction of sp³-hybridized carbons (Fsp3) is 0.857. The van der Waals surface area contributed by atoms with Gasteiger partial charge in [0, 0.05) is 12.8 Å². The number of hydrogen-bond donors (Lipinski definition) is 2. The van der Waals surface area contributed by atoms with Gasteiger partial charge in [0.15, 0.2) is 16.4 Å². The lowest BCUT2D eigenvalue weighted by Gasteiger charge is -2.29. The van der Waals surface area contributed by atoms with Crippen LogP contribution in [0.2, 0.25) is 0 Å². The van der Waals surface area contributed by atoms with Crippen LogP contribution in [-0.2, 0) is 24.2 Å². The summed E-state index contributed by atoms with van der Waals surface area (Å²) in [6.45, 7) is 3.61. The van der Waals surface area contributed by atoms with Crippen molar-refractivity contribution in [3.8, 4) is 0 Å². The summed E-state index contributed by atoms with van der Waals surface area (Å²) in [6.07, 6.45) is 1.92. The van der Waals surface area contributed by atoms with Crippen LogP contribution in [0.1, 0.15) is 26.2 Å². The number of amides is 1. The topological polar surface area (TPSA) is 94.0 Å². The molecule has 2 aliphatic heterocycles. The molecule has 22 heavy (non-hydrogen) atoms. The minimum Gasteiger partial charge on any atom is -0.469 e. The molecule has 1 amide bonds. The summed E-state index contributed by atoms with van der Waals surface area (Å²) in [5.74, 6) is -0.195. The van der Waals surface area contributed by atoms with Crippen molar-refractivity contribution in [3.63, 3.8) is 0 Å². The smallest absolute Gasteiger partial charge is 0.309 e. The molecule has 2 heterocycles. The van der Waals surface area contributed by atoms with Gasteiger partial charge in [0.05, 0.1) is 43.2 Å². The molecule has 7 nitrogen and oxygen atoms in total. The summed E-state index contributed by atoms with van der Waals surface area (Å²) < 4.78 is 27.8. The van der Waals surface area contributed by atoms with Gasteiger partial charge in [-0.05, 0) is 13.3 Å². The fourth-order valence-corrected chi connectivity index (χ4v) is 5.42. The minimum absolute atomic E-state index is 0.0193. The molecule has 0 aromatic heterocycles. The Morgan fingerprint density at radius 2 is 1.95 bits per heavy atom. The van der Waals surface area contributed by atoms with E-state index in [4.69, 9.17) is 4.74 Å². The molecule has 0 bridgehead atoms. The summed E-state index contributed by atoms with van der Waals surface area (Å²) in [6, 6.07) is 0. The van der Waals surface area contributed by atoms with E-state index in [1.165, 1.54) is 7.11 Å². The van der Waals surface area contributed by atoms with E-state index in [-0.39, 0.29) is 29.3 Å².